The first-order valence-corrected chi connectivity index (χ1v) is 8.69. The normalized spacial score (nSPS) is 33.8. The van der Waals surface area contributed by atoms with E-state index in [2.05, 4.69) is 31.0 Å². The highest BCUT2D eigenvalue weighted by Crippen LogP contribution is 2.32. The standard InChI is InChI=1S/C17H34N2/c1-4-15-8-10-16(11-9-15)19-12-6-5-7-17(19)13-18-14(2)3/h14-18H,4-13H2,1-3H3. The second kappa shape index (κ2) is 7.64. The van der Waals surface area contributed by atoms with Gasteiger partial charge < -0.3 is 5.32 Å². The van der Waals surface area contributed by atoms with Gasteiger partial charge in [-0.05, 0) is 51.0 Å². The molecule has 2 rings (SSSR count). The average molecular weight is 266 g/mol. The lowest BCUT2D eigenvalue weighted by molar-refractivity contribution is 0.0610. The predicted octanol–water partition coefficient (Wildman–Crippen LogP) is 3.81. The molecule has 1 aliphatic heterocycles. The minimum atomic E-state index is 0.625. The van der Waals surface area contributed by atoms with E-state index in [0.29, 0.717) is 6.04 Å². The number of hydrogen-bond acceptors (Lipinski definition) is 2. The van der Waals surface area contributed by atoms with Crippen LogP contribution in [0.5, 0.6) is 0 Å². The van der Waals surface area contributed by atoms with Crippen LogP contribution in [0.3, 0.4) is 0 Å². The molecule has 2 aliphatic rings. The lowest BCUT2D eigenvalue weighted by Gasteiger charge is -2.44. The van der Waals surface area contributed by atoms with Crippen LogP contribution >= 0.6 is 0 Å². The lowest BCUT2D eigenvalue weighted by atomic mass is 9.82. The van der Waals surface area contributed by atoms with Crippen LogP contribution in [0.25, 0.3) is 0 Å². The Morgan fingerprint density at radius 2 is 1.79 bits per heavy atom. The van der Waals surface area contributed by atoms with Gasteiger partial charge in [0.25, 0.3) is 0 Å². The Kier molecular flexibility index (Phi) is 6.15. The van der Waals surface area contributed by atoms with Gasteiger partial charge in [0, 0.05) is 24.7 Å². The van der Waals surface area contributed by atoms with Gasteiger partial charge in [0.15, 0.2) is 0 Å². The fourth-order valence-corrected chi connectivity index (χ4v) is 3.98. The van der Waals surface area contributed by atoms with Gasteiger partial charge in [0.05, 0.1) is 0 Å². The topological polar surface area (TPSA) is 15.3 Å². The van der Waals surface area contributed by atoms with Crippen LogP contribution in [0.15, 0.2) is 0 Å². The number of nitrogens with zero attached hydrogens (tertiary/aromatic N) is 1. The van der Waals surface area contributed by atoms with Crippen molar-refractivity contribution in [3.63, 3.8) is 0 Å². The molecule has 0 aromatic carbocycles. The van der Waals surface area contributed by atoms with Crippen molar-refractivity contribution in [2.45, 2.75) is 90.3 Å². The minimum Gasteiger partial charge on any atom is -0.313 e. The van der Waals surface area contributed by atoms with Crippen molar-refractivity contribution in [3.8, 4) is 0 Å². The van der Waals surface area contributed by atoms with Gasteiger partial charge >= 0.3 is 0 Å². The summed E-state index contributed by atoms with van der Waals surface area (Å²) >= 11 is 0. The SMILES string of the molecule is CCC1CCC(N2CCCCC2CNC(C)C)CC1. The van der Waals surface area contributed by atoms with Crippen molar-refractivity contribution in [1.82, 2.24) is 10.2 Å². The number of likely N-dealkylation sites (tertiary alicyclic amines) is 1. The Morgan fingerprint density at radius 1 is 1.05 bits per heavy atom. The third-order valence-electron chi connectivity index (χ3n) is 5.30. The van der Waals surface area contributed by atoms with Crippen LogP contribution in [0.1, 0.15) is 72.1 Å². The third-order valence-corrected chi connectivity index (χ3v) is 5.30. The molecule has 0 amide bonds. The van der Waals surface area contributed by atoms with Crippen LogP contribution in [-0.4, -0.2) is 36.1 Å². The molecule has 2 nitrogen and oxygen atoms in total. The number of hydrogen-bond donors (Lipinski definition) is 1. The molecule has 1 atom stereocenters. The number of piperidine rings is 1. The van der Waals surface area contributed by atoms with Gasteiger partial charge in [0.1, 0.15) is 0 Å². The van der Waals surface area contributed by atoms with E-state index >= 15 is 0 Å². The Balaban J connectivity index is 1.85. The van der Waals surface area contributed by atoms with Crippen molar-refractivity contribution in [1.29, 1.82) is 0 Å². The highest BCUT2D eigenvalue weighted by Gasteiger charge is 2.31. The van der Waals surface area contributed by atoms with Gasteiger partial charge in [-0.3, -0.25) is 4.90 Å². The summed E-state index contributed by atoms with van der Waals surface area (Å²) in [5, 5.41) is 3.66. The summed E-state index contributed by atoms with van der Waals surface area (Å²) in [5.41, 5.74) is 0. The zero-order valence-corrected chi connectivity index (χ0v) is 13.3. The van der Waals surface area contributed by atoms with E-state index in [1.807, 2.05) is 0 Å². The molecule has 1 saturated heterocycles. The molecule has 2 fully saturated rings. The summed E-state index contributed by atoms with van der Waals surface area (Å²) < 4.78 is 0. The molecule has 1 heterocycles. The molecule has 1 saturated carbocycles. The zero-order chi connectivity index (χ0) is 13.7. The molecule has 1 N–H and O–H groups in total. The van der Waals surface area contributed by atoms with Crippen LogP contribution in [0.2, 0.25) is 0 Å². The maximum atomic E-state index is 3.66. The van der Waals surface area contributed by atoms with E-state index < -0.39 is 0 Å². The third kappa shape index (κ3) is 4.46. The van der Waals surface area contributed by atoms with Crippen LogP contribution < -0.4 is 5.32 Å². The van der Waals surface area contributed by atoms with Crippen LogP contribution in [0, 0.1) is 5.92 Å². The minimum absolute atomic E-state index is 0.625. The van der Waals surface area contributed by atoms with E-state index in [1.54, 1.807) is 0 Å². The second-order valence-corrected chi connectivity index (χ2v) is 7.03. The van der Waals surface area contributed by atoms with Gasteiger partial charge in [0.2, 0.25) is 0 Å². The van der Waals surface area contributed by atoms with E-state index in [4.69, 9.17) is 0 Å². The maximum Gasteiger partial charge on any atom is 0.0223 e. The molecule has 0 radical (unpaired) electrons. The average Bonchev–Trinajstić information content (AvgIpc) is 2.45. The zero-order valence-electron chi connectivity index (χ0n) is 13.3. The molecule has 2 heteroatoms. The number of rotatable bonds is 5. The van der Waals surface area contributed by atoms with Crippen molar-refractivity contribution < 1.29 is 0 Å². The van der Waals surface area contributed by atoms with Gasteiger partial charge in [-0.2, -0.15) is 0 Å². The Labute approximate surface area is 120 Å². The molecule has 0 aromatic rings. The Bertz CT molecular complexity index is 244. The van der Waals surface area contributed by atoms with Crippen molar-refractivity contribution >= 4 is 0 Å². The molecule has 1 unspecified atom stereocenters. The van der Waals surface area contributed by atoms with E-state index in [1.165, 1.54) is 64.5 Å². The molecule has 1 aliphatic carbocycles. The van der Waals surface area contributed by atoms with Crippen molar-refractivity contribution in [2.24, 2.45) is 5.92 Å². The molecular weight excluding hydrogens is 232 g/mol. The quantitative estimate of drug-likeness (QED) is 0.814. The fraction of sp³-hybridized carbons (Fsp3) is 1.00. The van der Waals surface area contributed by atoms with Crippen LogP contribution in [-0.2, 0) is 0 Å². The summed E-state index contributed by atoms with van der Waals surface area (Å²) in [4.78, 5) is 2.87. The van der Waals surface area contributed by atoms with Crippen molar-refractivity contribution in [2.75, 3.05) is 13.1 Å². The summed E-state index contributed by atoms with van der Waals surface area (Å²) in [6, 6.07) is 2.32. The van der Waals surface area contributed by atoms with E-state index in [-0.39, 0.29) is 0 Å². The van der Waals surface area contributed by atoms with Crippen LogP contribution in [0.4, 0.5) is 0 Å². The summed E-state index contributed by atoms with van der Waals surface area (Å²) in [5.74, 6) is 1.02. The summed E-state index contributed by atoms with van der Waals surface area (Å²) in [6.07, 6.45) is 11.5. The first-order valence-electron chi connectivity index (χ1n) is 8.69. The van der Waals surface area contributed by atoms with Gasteiger partial charge in [-0.15, -0.1) is 0 Å². The van der Waals surface area contributed by atoms with Gasteiger partial charge in [-0.25, -0.2) is 0 Å². The molecule has 112 valence electrons. The first-order chi connectivity index (χ1) is 9.20. The maximum absolute atomic E-state index is 3.66. The highest BCUT2D eigenvalue weighted by molar-refractivity contribution is 4.87. The summed E-state index contributed by atoms with van der Waals surface area (Å²) in [7, 11) is 0. The highest BCUT2D eigenvalue weighted by atomic mass is 15.2. The smallest absolute Gasteiger partial charge is 0.0223 e. The molecular formula is C17H34N2. The summed E-state index contributed by atoms with van der Waals surface area (Å²) in [6.45, 7) is 9.44. The number of nitrogens with one attached hydrogen (secondary N) is 1. The predicted molar refractivity (Wildman–Crippen MR) is 83.5 cm³/mol. The molecule has 19 heavy (non-hydrogen) atoms. The first kappa shape index (κ1) is 15.3. The Hall–Kier alpha value is -0.0800. The molecule has 0 spiro atoms. The van der Waals surface area contributed by atoms with E-state index in [0.717, 1.165) is 18.0 Å². The lowest BCUT2D eigenvalue weighted by Crippen LogP contribution is -2.52. The van der Waals surface area contributed by atoms with Gasteiger partial charge in [-0.1, -0.05) is 33.6 Å². The monoisotopic (exact) mass is 266 g/mol. The van der Waals surface area contributed by atoms with Crippen molar-refractivity contribution in [3.05, 3.63) is 0 Å². The fourth-order valence-electron chi connectivity index (χ4n) is 3.98. The van der Waals surface area contributed by atoms with E-state index in [9.17, 15) is 0 Å². The molecule has 0 aromatic heterocycles. The Morgan fingerprint density at radius 3 is 2.42 bits per heavy atom. The molecule has 0 bridgehead atoms. The largest absolute Gasteiger partial charge is 0.313 e. The second-order valence-electron chi connectivity index (χ2n) is 7.03.